The summed E-state index contributed by atoms with van der Waals surface area (Å²) in [6.07, 6.45) is 2.92. The van der Waals surface area contributed by atoms with Crippen molar-refractivity contribution in [2.75, 3.05) is 18.1 Å². The summed E-state index contributed by atoms with van der Waals surface area (Å²) in [5.41, 5.74) is 6.46. The van der Waals surface area contributed by atoms with Crippen molar-refractivity contribution >= 4 is 32.6 Å². The van der Waals surface area contributed by atoms with Crippen LogP contribution >= 0.6 is 11.3 Å². The number of anilines is 1. The van der Waals surface area contributed by atoms with Crippen LogP contribution in [0.3, 0.4) is 0 Å². The van der Waals surface area contributed by atoms with Crippen LogP contribution in [0.25, 0.3) is 10.2 Å². The van der Waals surface area contributed by atoms with Crippen molar-refractivity contribution in [3.05, 3.63) is 94.5 Å². The van der Waals surface area contributed by atoms with Gasteiger partial charge >= 0.3 is 0 Å². The molecule has 1 aliphatic rings. The molecule has 0 radical (unpaired) electrons. The van der Waals surface area contributed by atoms with Crippen LogP contribution in [0.4, 0.5) is 5.13 Å². The Hall–Kier alpha value is -3.02. The van der Waals surface area contributed by atoms with E-state index in [0.29, 0.717) is 12.1 Å². The third kappa shape index (κ3) is 4.85. The molecule has 1 amide bonds. The van der Waals surface area contributed by atoms with Gasteiger partial charge in [0, 0.05) is 12.2 Å². The number of carbonyl (C=O) groups is 1. The number of aryl methyl sites for hydroxylation is 2. The van der Waals surface area contributed by atoms with Gasteiger partial charge < -0.3 is 4.74 Å². The van der Waals surface area contributed by atoms with Crippen LogP contribution in [0.1, 0.15) is 45.5 Å². The molecule has 1 unspecified atom stereocenters. The molecule has 0 aliphatic carbocycles. The van der Waals surface area contributed by atoms with Crippen molar-refractivity contribution in [3.8, 4) is 0 Å². The molecule has 5 heteroatoms. The largest absolute Gasteiger partial charge is 0.376 e. The van der Waals surface area contributed by atoms with E-state index in [1.165, 1.54) is 22.3 Å². The molecule has 5 rings (SSSR count). The summed E-state index contributed by atoms with van der Waals surface area (Å²) in [6, 6.07) is 22.6. The lowest BCUT2D eigenvalue weighted by atomic mass is 10.0. The first-order valence-corrected chi connectivity index (χ1v) is 12.3. The number of carbonyl (C=O) groups excluding carboxylic acids is 1. The normalized spacial score (nSPS) is 15.8. The maximum absolute atomic E-state index is 13.7. The average Bonchev–Trinajstić information content (AvgIpc) is 3.48. The van der Waals surface area contributed by atoms with Gasteiger partial charge in [0.15, 0.2) is 5.13 Å². The molecule has 3 aromatic carbocycles. The van der Waals surface area contributed by atoms with Gasteiger partial charge in [0.2, 0.25) is 0 Å². The van der Waals surface area contributed by atoms with Crippen LogP contribution in [0.5, 0.6) is 0 Å². The molecule has 1 saturated heterocycles. The summed E-state index contributed by atoms with van der Waals surface area (Å²) in [6.45, 7) is 5.48. The van der Waals surface area contributed by atoms with Crippen molar-refractivity contribution in [2.24, 2.45) is 0 Å². The van der Waals surface area contributed by atoms with Crippen molar-refractivity contribution in [2.45, 2.75) is 39.2 Å². The van der Waals surface area contributed by atoms with Crippen LogP contribution in [0.2, 0.25) is 0 Å². The molecule has 1 aliphatic heterocycles. The molecule has 4 nitrogen and oxygen atoms in total. The summed E-state index contributed by atoms with van der Waals surface area (Å²) < 4.78 is 7.01. The lowest BCUT2D eigenvalue weighted by molar-refractivity contribution is 0.0917. The molecule has 33 heavy (non-hydrogen) atoms. The smallest absolute Gasteiger partial charge is 0.260 e. The van der Waals surface area contributed by atoms with Gasteiger partial charge in [-0.15, -0.1) is 0 Å². The highest BCUT2D eigenvalue weighted by Crippen LogP contribution is 2.33. The Kier molecular flexibility index (Phi) is 6.25. The van der Waals surface area contributed by atoms with E-state index in [4.69, 9.17) is 9.72 Å². The number of fused-ring (bicyclic) bond motifs is 1. The van der Waals surface area contributed by atoms with Crippen LogP contribution in [-0.2, 0) is 11.2 Å². The summed E-state index contributed by atoms with van der Waals surface area (Å²) in [5, 5.41) is 0.743. The second-order valence-corrected chi connectivity index (χ2v) is 9.81. The third-order valence-corrected chi connectivity index (χ3v) is 7.38. The first kappa shape index (κ1) is 21.8. The molecule has 0 bridgehead atoms. The van der Waals surface area contributed by atoms with E-state index >= 15 is 0 Å². The van der Waals surface area contributed by atoms with Crippen molar-refractivity contribution in [1.82, 2.24) is 4.98 Å². The van der Waals surface area contributed by atoms with E-state index in [1.54, 1.807) is 11.3 Å². The Morgan fingerprint density at radius 1 is 1.06 bits per heavy atom. The second kappa shape index (κ2) is 9.46. The number of ether oxygens (including phenoxy) is 1. The Balaban J connectivity index is 1.43. The summed E-state index contributed by atoms with van der Waals surface area (Å²) in [5.74, 6) is -0.0230. The number of rotatable bonds is 6. The van der Waals surface area contributed by atoms with Crippen molar-refractivity contribution in [1.29, 1.82) is 0 Å². The van der Waals surface area contributed by atoms with Gasteiger partial charge in [-0.25, -0.2) is 4.98 Å². The Labute approximate surface area is 198 Å². The van der Waals surface area contributed by atoms with Crippen LogP contribution in [0, 0.1) is 13.8 Å². The number of hydrogen-bond acceptors (Lipinski definition) is 4. The first-order valence-electron chi connectivity index (χ1n) is 11.5. The van der Waals surface area contributed by atoms with E-state index < -0.39 is 0 Å². The molecule has 0 saturated carbocycles. The highest BCUT2D eigenvalue weighted by Gasteiger charge is 2.27. The monoisotopic (exact) mass is 456 g/mol. The van der Waals surface area contributed by atoms with E-state index in [2.05, 4.69) is 62.4 Å². The molecule has 168 valence electrons. The number of benzene rings is 3. The third-order valence-electron chi connectivity index (χ3n) is 6.15. The minimum atomic E-state index is -0.0230. The fourth-order valence-electron chi connectivity index (χ4n) is 4.47. The number of aromatic nitrogens is 1. The molecule has 4 aromatic rings. The Bertz CT molecular complexity index is 1260. The molecule has 1 atom stereocenters. The molecule has 1 aromatic heterocycles. The maximum Gasteiger partial charge on any atom is 0.260 e. The minimum Gasteiger partial charge on any atom is -0.376 e. The molecular formula is C28H28N2O2S. The fourth-order valence-corrected chi connectivity index (χ4v) is 5.50. The second-order valence-electron chi connectivity index (χ2n) is 8.84. The predicted molar refractivity (Wildman–Crippen MR) is 135 cm³/mol. The van der Waals surface area contributed by atoms with Gasteiger partial charge in [0.05, 0.1) is 22.9 Å². The highest BCUT2D eigenvalue weighted by atomic mass is 32.1. The van der Waals surface area contributed by atoms with Crippen LogP contribution in [0.15, 0.2) is 66.7 Å². The first-order chi connectivity index (χ1) is 16.1. The number of nitrogens with zero attached hydrogens (tertiary/aromatic N) is 2. The zero-order valence-corrected chi connectivity index (χ0v) is 19.9. The SMILES string of the molecule is Cc1cc(C)c2sc(N(CC3CCCO3)C(=O)c3ccc(Cc4ccccc4)cc3)nc2c1. The van der Waals surface area contributed by atoms with Crippen LogP contribution < -0.4 is 4.90 Å². The van der Waals surface area contributed by atoms with Gasteiger partial charge in [0.1, 0.15) is 0 Å². The fraction of sp³-hybridized carbons (Fsp3) is 0.286. The standard InChI is InChI=1S/C28H28N2O2S/c1-19-15-20(2)26-25(16-19)29-28(33-26)30(18-24-9-6-14-32-24)27(31)23-12-10-22(11-13-23)17-21-7-4-3-5-8-21/h3-5,7-8,10-13,15-16,24H,6,9,14,17-18H2,1-2H3. The van der Waals surface area contributed by atoms with Crippen molar-refractivity contribution < 1.29 is 9.53 Å². The van der Waals surface area contributed by atoms with E-state index in [-0.39, 0.29) is 12.0 Å². The summed E-state index contributed by atoms with van der Waals surface area (Å²) in [4.78, 5) is 20.4. The van der Waals surface area contributed by atoms with E-state index in [9.17, 15) is 4.79 Å². The predicted octanol–water partition coefficient (Wildman–Crippen LogP) is 6.33. The molecular weight excluding hydrogens is 428 g/mol. The molecule has 2 heterocycles. The summed E-state index contributed by atoms with van der Waals surface area (Å²) in [7, 11) is 0. The zero-order chi connectivity index (χ0) is 22.8. The van der Waals surface area contributed by atoms with Gasteiger partial charge in [-0.1, -0.05) is 59.9 Å². The Morgan fingerprint density at radius 3 is 2.55 bits per heavy atom. The van der Waals surface area contributed by atoms with Crippen LogP contribution in [-0.4, -0.2) is 30.1 Å². The lowest BCUT2D eigenvalue weighted by Gasteiger charge is -2.23. The average molecular weight is 457 g/mol. The lowest BCUT2D eigenvalue weighted by Crippen LogP contribution is -2.37. The number of amides is 1. The quantitative estimate of drug-likeness (QED) is 0.340. The molecule has 0 spiro atoms. The maximum atomic E-state index is 13.7. The van der Waals surface area contributed by atoms with Crippen molar-refractivity contribution in [3.63, 3.8) is 0 Å². The highest BCUT2D eigenvalue weighted by molar-refractivity contribution is 7.22. The zero-order valence-electron chi connectivity index (χ0n) is 19.1. The Morgan fingerprint density at radius 2 is 1.82 bits per heavy atom. The van der Waals surface area contributed by atoms with Gasteiger partial charge in [-0.3, -0.25) is 9.69 Å². The number of thiazole rings is 1. The number of hydrogen-bond donors (Lipinski definition) is 0. The van der Waals surface area contributed by atoms with E-state index in [1.807, 2.05) is 23.1 Å². The van der Waals surface area contributed by atoms with Gasteiger partial charge in [-0.05, 0) is 73.6 Å². The van der Waals surface area contributed by atoms with E-state index in [0.717, 1.165) is 41.2 Å². The summed E-state index contributed by atoms with van der Waals surface area (Å²) >= 11 is 1.59. The van der Waals surface area contributed by atoms with Gasteiger partial charge in [0.25, 0.3) is 5.91 Å². The molecule has 0 N–H and O–H groups in total. The molecule has 1 fully saturated rings. The topological polar surface area (TPSA) is 42.4 Å². The van der Waals surface area contributed by atoms with Gasteiger partial charge in [-0.2, -0.15) is 0 Å². The minimum absolute atomic E-state index is 0.0230.